The quantitative estimate of drug-likeness (QED) is 0.891. The van der Waals surface area contributed by atoms with E-state index in [1.807, 2.05) is 11.8 Å². The molecule has 0 aliphatic carbocycles. The molecule has 1 aromatic rings. The summed E-state index contributed by atoms with van der Waals surface area (Å²) in [5.41, 5.74) is 6.99. The monoisotopic (exact) mass is 264 g/mol. The van der Waals surface area contributed by atoms with Gasteiger partial charge in [0.25, 0.3) is 5.91 Å². The molecule has 0 aromatic heterocycles. The fourth-order valence-corrected chi connectivity index (χ4v) is 2.58. The third-order valence-electron chi connectivity index (χ3n) is 3.89. The molecule has 3 nitrogen and oxygen atoms in total. The molecule has 0 spiro atoms. The molecule has 1 aliphatic heterocycles. The molecule has 1 amide bonds. The van der Waals surface area contributed by atoms with Gasteiger partial charge in [-0.05, 0) is 56.4 Å². The van der Waals surface area contributed by atoms with Crippen LogP contribution in [0.15, 0.2) is 18.2 Å². The highest BCUT2D eigenvalue weighted by atomic mass is 19.1. The molecule has 1 aromatic carbocycles. The van der Waals surface area contributed by atoms with E-state index in [-0.39, 0.29) is 17.8 Å². The van der Waals surface area contributed by atoms with Crippen LogP contribution in [0.5, 0.6) is 0 Å². The Hall–Kier alpha value is -1.42. The minimum atomic E-state index is -0.274. The van der Waals surface area contributed by atoms with Gasteiger partial charge in [0.15, 0.2) is 0 Å². The van der Waals surface area contributed by atoms with E-state index in [1.54, 1.807) is 19.1 Å². The highest BCUT2D eigenvalue weighted by Crippen LogP contribution is 2.21. The van der Waals surface area contributed by atoms with E-state index in [4.69, 9.17) is 5.73 Å². The van der Waals surface area contributed by atoms with Gasteiger partial charge in [0.2, 0.25) is 0 Å². The number of aryl methyl sites for hydroxylation is 1. The Kier molecular flexibility index (Phi) is 4.20. The predicted octanol–water partition coefficient (Wildman–Crippen LogP) is 2.33. The predicted molar refractivity (Wildman–Crippen MR) is 73.4 cm³/mol. The van der Waals surface area contributed by atoms with Crippen LogP contribution in [0.25, 0.3) is 0 Å². The minimum Gasteiger partial charge on any atom is -0.338 e. The standard InChI is InChI=1S/C15H21FN2O/c1-10-8-12(5-6-14(10)16)15(19)18-7-3-4-13(9-18)11(2)17/h5-6,8,11,13H,3-4,7,9,17H2,1-2H3. The molecule has 1 aliphatic rings. The molecule has 1 heterocycles. The first-order valence-corrected chi connectivity index (χ1v) is 6.80. The third-order valence-corrected chi connectivity index (χ3v) is 3.89. The molecule has 104 valence electrons. The highest BCUT2D eigenvalue weighted by Gasteiger charge is 2.26. The summed E-state index contributed by atoms with van der Waals surface area (Å²) >= 11 is 0. The molecule has 2 N–H and O–H groups in total. The van der Waals surface area contributed by atoms with Gasteiger partial charge in [-0.25, -0.2) is 4.39 Å². The number of nitrogens with two attached hydrogens (primary N) is 1. The summed E-state index contributed by atoms with van der Waals surface area (Å²) in [6.45, 7) is 5.12. The number of rotatable bonds is 2. The maximum atomic E-state index is 13.2. The molecular weight excluding hydrogens is 243 g/mol. The molecule has 1 fully saturated rings. The van der Waals surface area contributed by atoms with Gasteiger partial charge >= 0.3 is 0 Å². The van der Waals surface area contributed by atoms with Crippen molar-refractivity contribution in [3.05, 3.63) is 35.1 Å². The van der Waals surface area contributed by atoms with E-state index in [1.165, 1.54) is 6.07 Å². The van der Waals surface area contributed by atoms with Crippen LogP contribution >= 0.6 is 0 Å². The largest absolute Gasteiger partial charge is 0.338 e. The Morgan fingerprint density at radius 2 is 2.26 bits per heavy atom. The number of piperidine rings is 1. The van der Waals surface area contributed by atoms with E-state index in [9.17, 15) is 9.18 Å². The third kappa shape index (κ3) is 3.13. The zero-order chi connectivity index (χ0) is 14.0. The molecule has 0 saturated carbocycles. The lowest BCUT2D eigenvalue weighted by Crippen LogP contribution is -2.45. The molecule has 2 unspecified atom stereocenters. The van der Waals surface area contributed by atoms with Crippen LogP contribution in [-0.2, 0) is 0 Å². The molecule has 19 heavy (non-hydrogen) atoms. The van der Waals surface area contributed by atoms with Crippen molar-refractivity contribution < 1.29 is 9.18 Å². The lowest BCUT2D eigenvalue weighted by atomic mass is 9.92. The van der Waals surface area contributed by atoms with Gasteiger partial charge < -0.3 is 10.6 Å². The fourth-order valence-electron chi connectivity index (χ4n) is 2.58. The van der Waals surface area contributed by atoms with Crippen molar-refractivity contribution in [1.29, 1.82) is 0 Å². The topological polar surface area (TPSA) is 46.3 Å². The molecule has 1 saturated heterocycles. The Morgan fingerprint density at radius 1 is 1.53 bits per heavy atom. The van der Waals surface area contributed by atoms with Crippen molar-refractivity contribution in [3.63, 3.8) is 0 Å². The Balaban J connectivity index is 2.12. The van der Waals surface area contributed by atoms with Crippen molar-refractivity contribution in [2.75, 3.05) is 13.1 Å². The number of hydrogen-bond donors (Lipinski definition) is 1. The SMILES string of the molecule is Cc1cc(C(=O)N2CCCC(C(C)N)C2)ccc1F. The second-order valence-electron chi connectivity index (χ2n) is 5.48. The van der Waals surface area contributed by atoms with E-state index < -0.39 is 0 Å². The summed E-state index contributed by atoms with van der Waals surface area (Å²) in [7, 11) is 0. The summed E-state index contributed by atoms with van der Waals surface area (Å²) in [5.74, 6) is 0.0661. The van der Waals surface area contributed by atoms with E-state index >= 15 is 0 Å². The first-order valence-electron chi connectivity index (χ1n) is 6.80. The van der Waals surface area contributed by atoms with Crippen molar-refractivity contribution in [2.24, 2.45) is 11.7 Å². The van der Waals surface area contributed by atoms with Crippen LogP contribution in [0.3, 0.4) is 0 Å². The number of carbonyl (C=O) groups is 1. The molecule has 0 bridgehead atoms. The van der Waals surface area contributed by atoms with E-state index in [2.05, 4.69) is 0 Å². The van der Waals surface area contributed by atoms with Gasteiger partial charge in [-0.15, -0.1) is 0 Å². The second kappa shape index (κ2) is 5.70. The maximum absolute atomic E-state index is 13.2. The van der Waals surface area contributed by atoms with Gasteiger partial charge in [0, 0.05) is 24.7 Å². The first kappa shape index (κ1) is 14.0. The number of halogens is 1. The lowest BCUT2D eigenvalue weighted by molar-refractivity contribution is 0.0661. The zero-order valence-electron chi connectivity index (χ0n) is 11.5. The van der Waals surface area contributed by atoms with Crippen LogP contribution in [0.4, 0.5) is 4.39 Å². The lowest BCUT2D eigenvalue weighted by Gasteiger charge is -2.34. The molecular formula is C15H21FN2O. The molecule has 2 atom stereocenters. The molecule has 2 rings (SSSR count). The van der Waals surface area contributed by atoms with Gasteiger partial charge in [-0.1, -0.05) is 0 Å². The van der Waals surface area contributed by atoms with Crippen LogP contribution in [-0.4, -0.2) is 29.9 Å². The average molecular weight is 264 g/mol. The first-order chi connectivity index (χ1) is 8.99. The summed E-state index contributed by atoms with van der Waals surface area (Å²) in [5, 5.41) is 0. The molecule has 0 radical (unpaired) electrons. The number of hydrogen-bond acceptors (Lipinski definition) is 2. The number of likely N-dealkylation sites (tertiary alicyclic amines) is 1. The second-order valence-corrected chi connectivity index (χ2v) is 5.48. The molecule has 4 heteroatoms. The van der Waals surface area contributed by atoms with Crippen LogP contribution in [0, 0.1) is 18.7 Å². The number of nitrogens with zero attached hydrogens (tertiary/aromatic N) is 1. The number of benzene rings is 1. The van der Waals surface area contributed by atoms with Crippen LogP contribution < -0.4 is 5.73 Å². The van der Waals surface area contributed by atoms with Gasteiger partial charge in [0.05, 0.1) is 0 Å². The number of carbonyl (C=O) groups excluding carboxylic acids is 1. The summed E-state index contributed by atoms with van der Waals surface area (Å²) in [4.78, 5) is 14.2. The van der Waals surface area contributed by atoms with Crippen LogP contribution in [0.1, 0.15) is 35.7 Å². The zero-order valence-corrected chi connectivity index (χ0v) is 11.5. The average Bonchev–Trinajstić information content (AvgIpc) is 2.41. The summed E-state index contributed by atoms with van der Waals surface area (Å²) in [6, 6.07) is 4.63. The minimum absolute atomic E-state index is 0.0200. The summed E-state index contributed by atoms with van der Waals surface area (Å²) in [6.07, 6.45) is 2.06. The Labute approximate surface area is 113 Å². The van der Waals surface area contributed by atoms with Gasteiger partial charge in [0.1, 0.15) is 5.82 Å². The van der Waals surface area contributed by atoms with Crippen molar-refractivity contribution in [1.82, 2.24) is 4.90 Å². The van der Waals surface area contributed by atoms with Gasteiger partial charge in [-0.2, -0.15) is 0 Å². The Morgan fingerprint density at radius 3 is 2.89 bits per heavy atom. The summed E-state index contributed by atoms with van der Waals surface area (Å²) < 4.78 is 13.2. The van der Waals surface area contributed by atoms with Crippen LogP contribution in [0.2, 0.25) is 0 Å². The Bertz CT molecular complexity index is 473. The van der Waals surface area contributed by atoms with Crippen molar-refractivity contribution in [3.8, 4) is 0 Å². The fraction of sp³-hybridized carbons (Fsp3) is 0.533. The number of amides is 1. The van der Waals surface area contributed by atoms with E-state index in [0.717, 1.165) is 19.4 Å². The normalized spacial score (nSPS) is 21.3. The smallest absolute Gasteiger partial charge is 0.253 e. The highest BCUT2D eigenvalue weighted by molar-refractivity contribution is 5.94. The van der Waals surface area contributed by atoms with Crippen molar-refractivity contribution in [2.45, 2.75) is 32.7 Å². The van der Waals surface area contributed by atoms with E-state index in [0.29, 0.717) is 23.6 Å². The van der Waals surface area contributed by atoms with Gasteiger partial charge in [-0.3, -0.25) is 4.79 Å². The van der Waals surface area contributed by atoms with Crippen molar-refractivity contribution >= 4 is 5.91 Å². The maximum Gasteiger partial charge on any atom is 0.253 e.